The third kappa shape index (κ3) is 2.69. The van der Waals surface area contributed by atoms with Crippen LogP contribution < -0.4 is 0 Å². The van der Waals surface area contributed by atoms with Crippen molar-refractivity contribution in [1.82, 2.24) is 14.9 Å². The highest BCUT2D eigenvalue weighted by molar-refractivity contribution is 5.94. The SMILES string of the molecule is O=C(c1ccncc1)N1CCC[C@@H](c2ccccn2)C1. The molecule has 0 radical (unpaired) electrons. The summed E-state index contributed by atoms with van der Waals surface area (Å²) < 4.78 is 0. The first-order valence-corrected chi connectivity index (χ1v) is 6.95. The Morgan fingerprint density at radius 2 is 2.00 bits per heavy atom. The number of nitrogens with zero attached hydrogens (tertiary/aromatic N) is 3. The van der Waals surface area contributed by atoms with Crippen molar-refractivity contribution in [3.8, 4) is 0 Å². The average Bonchev–Trinajstić information content (AvgIpc) is 2.56. The second kappa shape index (κ2) is 5.82. The molecule has 1 atom stereocenters. The van der Waals surface area contributed by atoms with Crippen molar-refractivity contribution < 1.29 is 4.79 Å². The summed E-state index contributed by atoms with van der Waals surface area (Å²) in [7, 11) is 0. The Kier molecular flexibility index (Phi) is 3.72. The molecule has 1 aliphatic heterocycles. The van der Waals surface area contributed by atoms with E-state index in [0.29, 0.717) is 11.5 Å². The zero-order valence-corrected chi connectivity index (χ0v) is 11.3. The Morgan fingerprint density at radius 3 is 2.75 bits per heavy atom. The molecule has 0 bridgehead atoms. The molecule has 0 unspecified atom stereocenters. The molecule has 0 spiro atoms. The van der Waals surface area contributed by atoms with E-state index in [9.17, 15) is 4.79 Å². The molecule has 0 saturated carbocycles. The molecule has 20 heavy (non-hydrogen) atoms. The molecule has 0 N–H and O–H groups in total. The smallest absolute Gasteiger partial charge is 0.253 e. The molecule has 0 aromatic carbocycles. The first-order valence-electron chi connectivity index (χ1n) is 6.95. The van der Waals surface area contributed by atoms with Crippen LogP contribution in [0.4, 0.5) is 0 Å². The molecule has 1 aliphatic rings. The Bertz CT molecular complexity index is 571. The lowest BCUT2D eigenvalue weighted by Gasteiger charge is -2.32. The van der Waals surface area contributed by atoms with Crippen LogP contribution in [-0.2, 0) is 0 Å². The summed E-state index contributed by atoms with van der Waals surface area (Å²) in [5.74, 6) is 0.434. The van der Waals surface area contributed by atoms with Crippen LogP contribution in [0.1, 0.15) is 34.8 Å². The van der Waals surface area contributed by atoms with Crippen LogP contribution in [0.25, 0.3) is 0 Å². The van der Waals surface area contributed by atoms with E-state index < -0.39 is 0 Å². The molecule has 3 heterocycles. The van der Waals surface area contributed by atoms with Crippen molar-refractivity contribution in [3.05, 3.63) is 60.2 Å². The van der Waals surface area contributed by atoms with Crippen molar-refractivity contribution in [2.24, 2.45) is 0 Å². The summed E-state index contributed by atoms with van der Waals surface area (Å²) in [6.07, 6.45) is 7.26. The van der Waals surface area contributed by atoms with Gasteiger partial charge in [0.05, 0.1) is 0 Å². The fourth-order valence-corrected chi connectivity index (χ4v) is 2.70. The minimum atomic E-state index is 0.0908. The monoisotopic (exact) mass is 267 g/mol. The molecule has 3 rings (SSSR count). The molecular formula is C16H17N3O. The van der Waals surface area contributed by atoms with Crippen molar-refractivity contribution in [3.63, 3.8) is 0 Å². The molecule has 1 fully saturated rings. The number of rotatable bonds is 2. The number of hydrogen-bond acceptors (Lipinski definition) is 3. The van der Waals surface area contributed by atoms with Gasteiger partial charge >= 0.3 is 0 Å². The Balaban J connectivity index is 1.74. The van der Waals surface area contributed by atoms with Crippen molar-refractivity contribution >= 4 is 5.91 Å². The third-order valence-electron chi connectivity index (χ3n) is 3.74. The lowest BCUT2D eigenvalue weighted by atomic mass is 9.94. The number of carbonyl (C=O) groups excluding carboxylic acids is 1. The van der Waals surface area contributed by atoms with Gasteiger partial charge in [-0.25, -0.2) is 0 Å². The Hall–Kier alpha value is -2.23. The van der Waals surface area contributed by atoms with Crippen LogP contribution in [0, 0.1) is 0 Å². The highest BCUT2D eigenvalue weighted by atomic mass is 16.2. The molecule has 1 saturated heterocycles. The van der Waals surface area contributed by atoms with Gasteiger partial charge < -0.3 is 4.90 Å². The minimum Gasteiger partial charge on any atom is -0.338 e. The van der Waals surface area contributed by atoms with Crippen molar-refractivity contribution in [1.29, 1.82) is 0 Å². The average molecular weight is 267 g/mol. The highest BCUT2D eigenvalue weighted by Crippen LogP contribution is 2.26. The maximum atomic E-state index is 12.5. The fraction of sp³-hybridized carbons (Fsp3) is 0.312. The maximum absolute atomic E-state index is 12.5. The van der Waals surface area contributed by atoms with Gasteiger partial charge in [0.15, 0.2) is 0 Å². The van der Waals surface area contributed by atoms with Gasteiger partial charge in [-0.2, -0.15) is 0 Å². The largest absolute Gasteiger partial charge is 0.338 e. The van der Waals surface area contributed by atoms with Crippen LogP contribution in [0.5, 0.6) is 0 Å². The highest BCUT2D eigenvalue weighted by Gasteiger charge is 2.25. The first kappa shape index (κ1) is 12.8. The van der Waals surface area contributed by atoms with Crippen LogP contribution in [0.2, 0.25) is 0 Å². The Morgan fingerprint density at radius 1 is 1.15 bits per heavy atom. The summed E-state index contributed by atoms with van der Waals surface area (Å²) in [6.45, 7) is 1.57. The van der Waals surface area contributed by atoms with E-state index in [2.05, 4.69) is 9.97 Å². The number of pyridine rings is 2. The predicted molar refractivity (Wildman–Crippen MR) is 76.4 cm³/mol. The van der Waals surface area contributed by atoms with E-state index >= 15 is 0 Å². The number of carbonyl (C=O) groups is 1. The van der Waals surface area contributed by atoms with Gasteiger partial charge in [0.1, 0.15) is 0 Å². The van der Waals surface area contributed by atoms with Crippen LogP contribution in [0.3, 0.4) is 0 Å². The second-order valence-electron chi connectivity index (χ2n) is 5.08. The molecular weight excluding hydrogens is 250 g/mol. The van der Waals surface area contributed by atoms with Gasteiger partial charge in [-0.05, 0) is 37.1 Å². The van der Waals surface area contributed by atoms with E-state index in [0.717, 1.165) is 31.6 Å². The minimum absolute atomic E-state index is 0.0908. The third-order valence-corrected chi connectivity index (χ3v) is 3.74. The summed E-state index contributed by atoms with van der Waals surface area (Å²) in [5.41, 5.74) is 1.79. The predicted octanol–water partition coefficient (Wildman–Crippen LogP) is 2.50. The van der Waals surface area contributed by atoms with Gasteiger partial charge in [-0.15, -0.1) is 0 Å². The van der Waals surface area contributed by atoms with E-state index in [1.165, 1.54) is 0 Å². The lowest BCUT2D eigenvalue weighted by Crippen LogP contribution is -2.39. The summed E-state index contributed by atoms with van der Waals surface area (Å²) in [5, 5.41) is 0. The van der Waals surface area contributed by atoms with E-state index in [1.807, 2.05) is 29.3 Å². The first-order chi connectivity index (χ1) is 9.84. The zero-order chi connectivity index (χ0) is 13.8. The van der Waals surface area contributed by atoms with E-state index in [-0.39, 0.29) is 5.91 Å². The Labute approximate surface area is 118 Å². The standard InChI is InChI=1S/C16H17N3O/c20-16(13-6-9-17-10-7-13)19-11-3-4-14(12-19)15-5-1-2-8-18-15/h1-2,5-10,14H,3-4,11-12H2/t14-/m1/s1. The quantitative estimate of drug-likeness (QED) is 0.840. The number of likely N-dealkylation sites (tertiary alicyclic amines) is 1. The lowest BCUT2D eigenvalue weighted by molar-refractivity contribution is 0.0706. The molecule has 102 valence electrons. The number of amides is 1. The number of piperidine rings is 1. The number of hydrogen-bond donors (Lipinski definition) is 0. The van der Waals surface area contributed by atoms with Crippen molar-refractivity contribution in [2.75, 3.05) is 13.1 Å². The summed E-state index contributed by atoms with van der Waals surface area (Å²) >= 11 is 0. The van der Waals surface area contributed by atoms with Crippen molar-refractivity contribution in [2.45, 2.75) is 18.8 Å². The summed E-state index contributed by atoms with van der Waals surface area (Å²) in [6, 6.07) is 9.52. The molecule has 4 heteroatoms. The van der Waals surface area contributed by atoms with Gasteiger partial charge in [0.2, 0.25) is 0 Å². The van der Waals surface area contributed by atoms with Crippen LogP contribution >= 0.6 is 0 Å². The van der Waals surface area contributed by atoms with E-state index in [1.54, 1.807) is 24.5 Å². The topological polar surface area (TPSA) is 46.1 Å². The molecule has 2 aromatic heterocycles. The normalized spacial score (nSPS) is 18.8. The second-order valence-corrected chi connectivity index (χ2v) is 5.08. The summed E-state index contributed by atoms with van der Waals surface area (Å²) in [4.78, 5) is 22.8. The van der Waals surface area contributed by atoms with Gasteiger partial charge in [0.25, 0.3) is 5.91 Å². The molecule has 2 aromatic rings. The van der Waals surface area contributed by atoms with Gasteiger partial charge in [-0.3, -0.25) is 14.8 Å². The number of aromatic nitrogens is 2. The fourth-order valence-electron chi connectivity index (χ4n) is 2.70. The van der Waals surface area contributed by atoms with Crippen LogP contribution in [0.15, 0.2) is 48.9 Å². The van der Waals surface area contributed by atoms with E-state index in [4.69, 9.17) is 0 Å². The van der Waals surface area contributed by atoms with Gasteiger partial charge in [0, 0.05) is 48.9 Å². The zero-order valence-electron chi connectivity index (χ0n) is 11.3. The molecule has 4 nitrogen and oxygen atoms in total. The molecule has 1 amide bonds. The van der Waals surface area contributed by atoms with Gasteiger partial charge in [-0.1, -0.05) is 6.07 Å². The molecule has 0 aliphatic carbocycles. The van der Waals surface area contributed by atoms with Crippen LogP contribution in [-0.4, -0.2) is 33.9 Å². The maximum Gasteiger partial charge on any atom is 0.253 e.